The number of pyridine rings is 1. The molecule has 1 amide bonds. The molecule has 2 N–H and O–H groups in total. The Hall–Kier alpha value is -1.50. The molecule has 0 saturated carbocycles. The van der Waals surface area contributed by atoms with Crippen LogP contribution in [0, 0.1) is 0 Å². The van der Waals surface area contributed by atoms with Crippen LogP contribution in [0.2, 0.25) is 0 Å². The lowest BCUT2D eigenvalue weighted by molar-refractivity contribution is 0.0746. The molecule has 1 aliphatic rings. The predicted octanol–water partition coefficient (Wildman–Crippen LogP) is 3.23. The van der Waals surface area contributed by atoms with Gasteiger partial charge in [-0.15, -0.1) is 24.8 Å². The zero-order chi connectivity index (χ0) is 15.5. The van der Waals surface area contributed by atoms with Gasteiger partial charge in [-0.3, -0.25) is 4.79 Å². The second-order valence-electron chi connectivity index (χ2n) is 5.24. The van der Waals surface area contributed by atoms with Crippen molar-refractivity contribution in [3.05, 3.63) is 52.6 Å². The summed E-state index contributed by atoms with van der Waals surface area (Å²) in [5, 5.41) is 0. The lowest BCUT2D eigenvalue weighted by Crippen LogP contribution is -2.49. The second kappa shape index (κ2) is 9.11. The van der Waals surface area contributed by atoms with Gasteiger partial charge < -0.3 is 15.5 Å². The molecule has 5 nitrogen and oxygen atoms in total. The summed E-state index contributed by atoms with van der Waals surface area (Å²) in [6.45, 7) is 2.93. The Kier molecular flexibility index (Phi) is 7.79. The van der Waals surface area contributed by atoms with Gasteiger partial charge in [0.25, 0.3) is 5.91 Å². The quantitative estimate of drug-likeness (QED) is 0.738. The van der Waals surface area contributed by atoms with Gasteiger partial charge in [0.1, 0.15) is 5.82 Å². The van der Waals surface area contributed by atoms with Crippen LogP contribution in [0.5, 0.6) is 0 Å². The van der Waals surface area contributed by atoms with E-state index in [0.717, 1.165) is 23.4 Å². The number of benzene rings is 1. The molecule has 130 valence electrons. The topological polar surface area (TPSA) is 62.5 Å². The summed E-state index contributed by atoms with van der Waals surface area (Å²) in [4.78, 5) is 20.9. The van der Waals surface area contributed by atoms with E-state index in [4.69, 9.17) is 5.73 Å². The summed E-state index contributed by atoms with van der Waals surface area (Å²) >= 11 is 3.39. The fourth-order valence-corrected chi connectivity index (χ4v) is 2.78. The Morgan fingerprint density at radius 1 is 1.08 bits per heavy atom. The number of aromatic nitrogens is 1. The van der Waals surface area contributed by atoms with Crippen LogP contribution in [-0.4, -0.2) is 42.0 Å². The van der Waals surface area contributed by atoms with E-state index in [1.807, 2.05) is 23.1 Å². The molecule has 0 atom stereocenters. The molecule has 3 rings (SSSR count). The van der Waals surface area contributed by atoms with E-state index in [0.29, 0.717) is 24.3 Å². The number of nitrogens with zero attached hydrogens (tertiary/aromatic N) is 3. The molecule has 1 fully saturated rings. The number of rotatable bonds is 2. The Bertz CT molecular complexity index is 676. The molecule has 1 aromatic heterocycles. The monoisotopic (exact) mass is 432 g/mol. The Morgan fingerprint density at radius 3 is 2.38 bits per heavy atom. The molecule has 0 unspecified atom stereocenters. The summed E-state index contributed by atoms with van der Waals surface area (Å²) in [6.07, 6.45) is 1.79. The van der Waals surface area contributed by atoms with Crippen LogP contribution >= 0.6 is 40.7 Å². The molecule has 0 spiro atoms. The lowest BCUT2D eigenvalue weighted by Gasteiger charge is -2.35. The maximum absolute atomic E-state index is 12.5. The molecular weight excluding hydrogens is 415 g/mol. The third-order valence-corrected chi connectivity index (χ3v) is 4.21. The third kappa shape index (κ3) is 4.75. The fraction of sp³-hybridized carbons (Fsp3) is 0.250. The van der Waals surface area contributed by atoms with Crippen molar-refractivity contribution in [1.82, 2.24) is 9.88 Å². The van der Waals surface area contributed by atoms with Crippen LogP contribution < -0.4 is 10.6 Å². The number of carbonyl (C=O) groups is 1. The molecule has 8 heteroatoms. The van der Waals surface area contributed by atoms with Crippen molar-refractivity contribution in [1.29, 1.82) is 0 Å². The van der Waals surface area contributed by atoms with Gasteiger partial charge in [-0.05, 0) is 46.3 Å². The zero-order valence-electron chi connectivity index (χ0n) is 12.9. The number of nitrogen functional groups attached to an aromatic ring is 1. The molecule has 1 saturated heterocycles. The van der Waals surface area contributed by atoms with E-state index in [9.17, 15) is 4.79 Å². The SMILES string of the molecule is Cl.Cl.Nc1cccc(C(=O)N2CCN(c3ccc(Br)cn3)CC2)c1. The minimum absolute atomic E-state index is 0. The van der Waals surface area contributed by atoms with E-state index in [1.165, 1.54) is 0 Å². The summed E-state index contributed by atoms with van der Waals surface area (Å²) < 4.78 is 0.965. The van der Waals surface area contributed by atoms with E-state index in [-0.39, 0.29) is 30.7 Å². The number of piperazine rings is 1. The van der Waals surface area contributed by atoms with E-state index in [2.05, 4.69) is 25.8 Å². The highest BCUT2D eigenvalue weighted by atomic mass is 79.9. The van der Waals surface area contributed by atoms with Crippen molar-refractivity contribution in [2.24, 2.45) is 0 Å². The molecule has 24 heavy (non-hydrogen) atoms. The Balaban J connectivity index is 0.00000144. The van der Waals surface area contributed by atoms with E-state index < -0.39 is 0 Å². The van der Waals surface area contributed by atoms with Gasteiger partial charge in [0.2, 0.25) is 0 Å². The first-order chi connectivity index (χ1) is 10.6. The Labute approximate surface area is 162 Å². The smallest absolute Gasteiger partial charge is 0.254 e. The second-order valence-corrected chi connectivity index (χ2v) is 6.16. The summed E-state index contributed by atoms with van der Waals surface area (Å²) in [7, 11) is 0. The van der Waals surface area contributed by atoms with E-state index >= 15 is 0 Å². The minimum Gasteiger partial charge on any atom is -0.399 e. The van der Waals surface area contributed by atoms with Crippen molar-refractivity contribution in [3.63, 3.8) is 0 Å². The van der Waals surface area contributed by atoms with Crippen LogP contribution in [-0.2, 0) is 0 Å². The first-order valence-electron chi connectivity index (χ1n) is 7.15. The number of hydrogen-bond acceptors (Lipinski definition) is 4. The fourth-order valence-electron chi connectivity index (χ4n) is 2.55. The van der Waals surface area contributed by atoms with Gasteiger partial charge in [-0.1, -0.05) is 6.07 Å². The van der Waals surface area contributed by atoms with Crippen LogP contribution in [0.15, 0.2) is 47.1 Å². The largest absolute Gasteiger partial charge is 0.399 e. The van der Waals surface area contributed by atoms with Crippen LogP contribution in [0.1, 0.15) is 10.4 Å². The number of carbonyl (C=O) groups excluding carboxylic acids is 1. The molecule has 0 radical (unpaired) electrons. The van der Waals surface area contributed by atoms with Crippen molar-refractivity contribution < 1.29 is 4.79 Å². The summed E-state index contributed by atoms with van der Waals surface area (Å²) in [5.41, 5.74) is 7.01. The Morgan fingerprint density at radius 2 is 1.79 bits per heavy atom. The van der Waals surface area contributed by atoms with Crippen molar-refractivity contribution in [3.8, 4) is 0 Å². The highest BCUT2D eigenvalue weighted by Crippen LogP contribution is 2.18. The number of anilines is 2. The molecule has 0 bridgehead atoms. The van der Waals surface area contributed by atoms with Crippen molar-refractivity contribution in [2.45, 2.75) is 0 Å². The normalized spacial score (nSPS) is 13.7. The number of amides is 1. The molecule has 2 aromatic rings. The first-order valence-corrected chi connectivity index (χ1v) is 7.94. The summed E-state index contributed by atoms with van der Waals surface area (Å²) in [5.74, 6) is 0.981. The van der Waals surface area contributed by atoms with Gasteiger partial charge in [-0.25, -0.2) is 4.98 Å². The van der Waals surface area contributed by atoms with Gasteiger partial charge in [0.15, 0.2) is 0 Å². The van der Waals surface area contributed by atoms with Crippen LogP contribution in [0.4, 0.5) is 11.5 Å². The minimum atomic E-state index is 0. The highest BCUT2D eigenvalue weighted by Gasteiger charge is 2.22. The van der Waals surface area contributed by atoms with Crippen LogP contribution in [0.25, 0.3) is 0 Å². The maximum atomic E-state index is 12.5. The lowest BCUT2D eigenvalue weighted by atomic mass is 10.1. The average Bonchev–Trinajstić information content (AvgIpc) is 2.55. The van der Waals surface area contributed by atoms with Gasteiger partial charge in [0, 0.05) is 48.1 Å². The number of halogens is 3. The maximum Gasteiger partial charge on any atom is 0.254 e. The molecule has 1 aliphatic heterocycles. The third-order valence-electron chi connectivity index (χ3n) is 3.74. The molecule has 2 heterocycles. The van der Waals surface area contributed by atoms with Crippen LogP contribution in [0.3, 0.4) is 0 Å². The van der Waals surface area contributed by atoms with Gasteiger partial charge >= 0.3 is 0 Å². The van der Waals surface area contributed by atoms with Crippen molar-refractivity contribution in [2.75, 3.05) is 36.8 Å². The van der Waals surface area contributed by atoms with Gasteiger partial charge in [0.05, 0.1) is 0 Å². The predicted molar refractivity (Wildman–Crippen MR) is 105 cm³/mol. The van der Waals surface area contributed by atoms with E-state index in [1.54, 1.807) is 24.4 Å². The van der Waals surface area contributed by atoms with Gasteiger partial charge in [-0.2, -0.15) is 0 Å². The molecule has 0 aliphatic carbocycles. The number of hydrogen-bond donors (Lipinski definition) is 1. The summed E-state index contributed by atoms with van der Waals surface area (Å²) in [6, 6.07) is 11.1. The molecular formula is C16H19BrCl2N4O. The zero-order valence-corrected chi connectivity index (χ0v) is 16.1. The first kappa shape index (κ1) is 20.5. The average molecular weight is 434 g/mol. The highest BCUT2D eigenvalue weighted by molar-refractivity contribution is 9.10. The number of nitrogens with two attached hydrogens (primary N) is 1. The van der Waals surface area contributed by atoms with Crippen molar-refractivity contribution >= 4 is 58.2 Å². The molecule has 1 aromatic carbocycles. The standard InChI is InChI=1S/C16H17BrN4O.2ClH/c17-13-4-5-15(19-11-13)20-6-8-21(9-7-20)16(22)12-2-1-3-14(18)10-12;;/h1-5,10-11H,6-9,18H2;2*1H.